The first-order valence-electron chi connectivity index (χ1n) is 5.90. The van der Waals surface area contributed by atoms with Crippen molar-refractivity contribution in [3.63, 3.8) is 0 Å². The first-order chi connectivity index (χ1) is 8.84. The normalized spacial score (nSPS) is 19.4. The highest BCUT2D eigenvalue weighted by Crippen LogP contribution is 2.30. The number of halogens is 1. The second-order valence-corrected chi connectivity index (χ2v) is 5.85. The van der Waals surface area contributed by atoms with Gasteiger partial charge in [0.25, 0.3) is 0 Å². The van der Waals surface area contributed by atoms with Crippen LogP contribution in [0.3, 0.4) is 0 Å². The van der Waals surface area contributed by atoms with E-state index in [1.54, 1.807) is 0 Å². The molecule has 1 unspecified atom stereocenters. The summed E-state index contributed by atoms with van der Waals surface area (Å²) in [5.74, 6) is -1.02. The fourth-order valence-corrected chi connectivity index (χ4v) is 2.63. The minimum absolute atomic E-state index is 0.207. The molecule has 5 nitrogen and oxygen atoms in total. The Morgan fingerprint density at radius 1 is 1.47 bits per heavy atom. The highest BCUT2D eigenvalue weighted by molar-refractivity contribution is 9.10. The van der Waals surface area contributed by atoms with E-state index in [0.29, 0.717) is 6.54 Å². The number of carbonyl (C=O) groups excluding carboxylic acids is 1. The fourth-order valence-electron chi connectivity index (χ4n) is 2.07. The van der Waals surface area contributed by atoms with Crippen molar-refractivity contribution in [1.82, 2.24) is 10.2 Å². The molecule has 0 bridgehead atoms. The van der Waals surface area contributed by atoms with Crippen LogP contribution in [0.5, 0.6) is 0 Å². The van der Waals surface area contributed by atoms with Crippen molar-refractivity contribution in [1.29, 1.82) is 0 Å². The lowest BCUT2D eigenvalue weighted by atomic mass is 10.0. The Labute approximate surface area is 119 Å². The smallest absolute Gasteiger partial charge is 0.329 e. The number of benzene rings is 1. The summed E-state index contributed by atoms with van der Waals surface area (Å²) >= 11 is 3.44. The van der Waals surface area contributed by atoms with Gasteiger partial charge < -0.3 is 15.3 Å². The maximum Gasteiger partial charge on any atom is 0.329 e. The quantitative estimate of drug-likeness (QED) is 0.895. The second kappa shape index (κ2) is 4.85. The lowest BCUT2D eigenvalue weighted by molar-refractivity contribution is -0.147. The summed E-state index contributed by atoms with van der Waals surface area (Å²) in [7, 11) is 0. The van der Waals surface area contributed by atoms with Crippen LogP contribution >= 0.6 is 15.9 Å². The first-order valence-corrected chi connectivity index (χ1v) is 6.69. The zero-order valence-electron chi connectivity index (χ0n) is 10.7. The van der Waals surface area contributed by atoms with E-state index in [-0.39, 0.29) is 12.1 Å². The highest BCUT2D eigenvalue weighted by Gasteiger charge is 2.43. The molecule has 1 saturated heterocycles. The molecule has 1 aliphatic heterocycles. The molecule has 0 spiro atoms. The Morgan fingerprint density at radius 3 is 2.68 bits per heavy atom. The van der Waals surface area contributed by atoms with Crippen LogP contribution in [0.15, 0.2) is 28.7 Å². The van der Waals surface area contributed by atoms with Gasteiger partial charge in [-0.1, -0.05) is 34.1 Å². The second-order valence-electron chi connectivity index (χ2n) is 5.00. The van der Waals surface area contributed by atoms with Crippen molar-refractivity contribution in [3.8, 4) is 0 Å². The molecule has 1 heterocycles. The minimum atomic E-state index is -1.22. The standard InChI is InChI=1S/C13H15BrN2O3/c1-13(2,11(17)18)16-7-10(15-12(16)19)8-5-3-4-6-9(8)14/h3-6,10H,7H2,1-2H3,(H,15,19)(H,17,18). The molecule has 1 atom stereocenters. The summed E-state index contributed by atoms with van der Waals surface area (Å²) in [6.07, 6.45) is 0. The van der Waals surface area contributed by atoms with Gasteiger partial charge in [-0.3, -0.25) is 0 Å². The van der Waals surface area contributed by atoms with Crippen LogP contribution in [0.1, 0.15) is 25.5 Å². The molecule has 1 aromatic carbocycles. The number of amides is 2. The number of hydrogen-bond donors (Lipinski definition) is 2. The van der Waals surface area contributed by atoms with Crippen LogP contribution in [-0.4, -0.2) is 34.1 Å². The summed E-state index contributed by atoms with van der Waals surface area (Å²) in [5.41, 5.74) is -0.278. The first kappa shape index (κ1) is 13.9. The van der Waals surface area contributed by atoms with Gasteiger partial charge in [0.1, 0.15) is 5.54 Å². The van der Waals surface area contributed by atoms with Gasteiger partial charge in [0.05, 0.1) is 6.04 Å². The van der Waals surface area contributed by atoms with Crippen LogP contribution < -0.4 is 5.32 Å². The Morgan fingerprint density at radius 2 is 2.11 bits per heavy atom. The van der Waals surface area contributed by atoms with E-state index >= 15 is 0 Å². The summed E-state index contributed by atoms with van der Waals surface area (Å²) in [4.78, 5) is 24.5. The van der Waals surface area contributed by atoms with Crippen LogP contribution in [0.25, 0.3) is 0 Å². The van der Waals surface area contributed by atoms with E-state index in [2.05, 4.69) is 21.2 Å². The van der Waals surface area contributed by atoms with Crippen LogP contribution in [-0.2, 0) is 4.79 Å². The molecule has 19 heavy (non-hydrogen) atoms. The van der Waals surface area contributed by atoms with Gasteiger partial charge in [0.15, 0.2) is 0 Å². The maximum absolute atomic E-state index is 12.0. The van der Waals surface area contributed by atoms with Gasteiger partial charge in [-0.15, -0.1) is 0 Å². The van der Waals surface area contributed by atoms with E-state index in [1.165, 1.54) is 18.7 Å². The number of carbonyl (C=O) groups is 2. The third-order valence-electron chi connectivity index (χ3n) is 3.39. The molecule has 102 valence electrons. The van der Waals surface area contributed by atoms with E-state index in [1.807, 2.05) is 24.3 Å². The zero-order valence-corrected chi connectivity index (χ0v) is 12.3. The summed E-state index contributed by atoms with van der Waals surface area (Å²) < 4.78 is 0.898. The number of nitrogens with zero attached hydrogens (tertiary/aromatic N) is 1. The van der Waals surface area contributed by atoms with Gasteiger partial charge in [0, 0.05) is 11.0 Å². The molecule has 1 aromatic rings. The minimum Gasteiger partial charge on any atom is -0.480 e. The van der Waals surface area contributed by atoms with Gasteiger partial charge in [-0.25, -0.2) is 9.59 Å². The number of nitrogens with one attached hydrogen (secondary N) is 1. The van der Waals surface area contributed by atoms with Gasteiger partial charge in [-0.2, -0.15) is 0 Å². The van der Waals surface area contributed by atoms with Gasteiger partial charge in [-0.05, 0) is 25.5 Å². The Balaban J connectivity index is 2.26. The highest BCUT2D eigenvalue weighted by atomic mass is 79.9. The van der Waals surface area contributed by atoms with E-state index in [4.69, 9.17) is 0 Å². The van der Waals surface area contributed by atoms with E-state index in [0.717, 1.165) is 10.0 Å². The van der Waals surface area contributed by atoms with Crippen LogP contribution in [0.4, 0.5) is 4.79 Å². The summed E-state index contributed by atoms with van der Waals surface area (Å²) in [5, 5.41) is 12.0. The van der Waals surface area contributed by atoms with Crippen molar-refractivity contribution in [2.75, 3.05) is 6.54 Å². The van der Waals surface area contributed by atoms with Crippen LogP contribution in [0.2, 0.25) is 0 Å². The molecule has 0 saturated carbocycles. The van der Waals surface area contributed by atoms with Crippen molar-refractivity contribution in [3.05, 3.63) is 34.3 Å². The van der Waals surface area contributed by atoms with Crippen molar-refractivity contribution < 1.29 is 14.7 Å². The zero-order chi connectivity index (χ0) is 14.2. The number of rotatable bonds is 3. The number of hydrogen-bond acceptors (Lipinski definition) is 2. The molecule has 2 amide bonds. The Hall–Kier alpha value is -1.56. The van der Waals surface area contributed by atoms with E-state index < -0.39 is 11.5 Å². The molecule has 1 fully saturated rings. The SMILES string of the molecule is CC(C)(C(=O)O)N1CC(c2ccccc2Br)NC1=O. The number of urea groups is 1. The fraction of sp³-hybridized carbons (Fsp3) is 0.385. The Bertz CT molecular complexity index is 530. The lowest BCUT2D eigenvalue weighted by Gasteiger charge is -2.30. The molecule has 1 aliphatic rings. The number of carboxylic acid groups (broad SMARTS) is 1. The largest absolute Gasteiger partial charge is 0.480 e. The number of carboxylic acids is 1. The van der Waals surface area contributed by atoms with Gasteiger partial charge >= 0.3 is 12.0 Å². The van der Waals surface area contributed by atoms with E-state index in [9.17, 15) is 14.7 Å². The molecule has 0 aliphatic carbocycles. The molecular weight excluding hydrogens is 312 g/mol. The maximum atomic E-state index is 12.0. The van der Waals surface area contributed by atoms with Crippen molar-refractivity contribution in [2.45, 2.75) is 25.4 Å². The molecule has 0 aromatic heterocycles. The molecule has 0 radical (unpaired) electrons. The molecule has 2 rings (SSSR count). The van der Waals surface area contributed by atoms with Crippen LogP contribution in [0, 0.1) is 0 Å². The molecule has 2 N–H and O–H groups in total. The summed E-state index contributed by atoms with van der Waals surface area (Å²) in [6, 6.07) is 7.02. The average Bonchev–Trinajstić information content (AvgIpc) is 2.72. The summed E-state index contributed by atoms with van der Waals surface area (Å²) in [6.45, 7) is 3.38. The third kappa shape index (κ3) is 2.45. The van der Waals surface area contributed by atoms with Crippen molar-refractivity contribution in [2.24, 2.45) is 0 Å². The lowest BCUT2D eigenvalue weighted by Crippen LogP contribution is -2.51. The predicted octanol–water partition coefficient (Wildman–Crippen LogP) is 2.38. The Kier molecular flexibility index (Phi) is 3.54. The molecule has 6 heteroatoms. The van der Waals surface area contributed by atoms with Crippen molar-refractivity contribution >= 4 is 27.9 Å². The predicted molar refractivity (Wildman–Crippen MR) is 73.8 cm³/mol. The third-order valence-corrected chi connectivity index (χ3v) is 4.11. The topological polar surface area (TPSA) is 69.6 Å². The average molecular weight is 327 g/mol. The monoisotopic (exact) mass is 326 g/mol. The molecular formula is C13H15BrN2O3. The number of aliphatic carboxylic acids is 1. The van der Waals surface area contributed by atoms with Gasteiger partial charge in [0.2, 0.25) is 0 Å².